The molecule has 1 N–H and O–H groups in total. The molecule has 0 spiro atoms. The summed E-state index contributed by atoms with van der Waals surface area (Å²) < 4.78 is 0.879. The molecule has 1 amide bonds. The van der Waals surface area contributed by atoms with E-state index in [1.165, 1.54) is 11.3 Å². The highest BCUT2D eigenvalue weighted by Crippen LogP contribution is 2.35. The van der Waals surface area contributed by atoms with Gasteiger partial charge in [-0.3, -0.25) is 10.1 Å². The highest BCUT2D eigenvalue weighted by Gasteiger charge is 2.13. The number of fused-ring (bicyclic) bond motifs is 1. The van der Waals surface area contributed by atoms with E-state index in [1.807, 2.05) is 30.3 Å². The van der Waals surface area contributed by atoms with E-state index >= 15 is 0 Å². The van der Waals surface area contributed by atoms with Gasteiger partial charge < -0.3 is 0 Å². The van der Waals surface area contributed by atoms with Crippen molar-refractivity contribution < 1.29 is 4.79 Å². The van der Waals surface area contributed by atoms with Crippen LogP contribution in [-0.2, 0) is 0 Å². The zero-order valence-corrected chi connectivity index (χ0v) is 15.2. The molecule has 0 aliphatic carbocycles. The number of aromatic nitrogens is 1. The van der Waals surface area contributed by atoms with Gasteiger partial charge in [-0.1, -0.05) is 41.5 Å². The molecule has 118 valence electrons. The van der Waals surface area contributed by atoms with Crippen molar-refractivity contribution in [3.05, 3.63) is 52.0 Å². The molecule has 0 atom stereocenters. The first-order chi connectivity index (χ1) is 11.1. The Morgan fingerprint density at radius 1 is 1.22 bits per heavy atom. The Balaban J connectivity index is 1.81. The summed E-state index contributed by atoms with van der Waals surface area (Å²) >= 11 is 15.2. The number of hydrogen-bond acceptors (Lipinski definition) is 4. The van der Waals surface area contributed by atoms with Crippen LogP contribution >= 0.6 is 46.3 Å². The van der Waals surface area contributed by atoms with Crippen LogP contribution in [0.5, 0.6) is 0 Å². The lowest BCUT2D eigenvalue weighted by Gasteiger charge is -2.03. The summed E-state index contributed by atoms with van der Waals surface area (Å²) in [6, 6.07) is 11.1. The number of thiazole rings is 1. The van der Waals surface area contributed by atoms with E-state index < -0.39 is 0 Å². The number of thioether (sulfide) groups is 1. The molecule has 0 aliphatic rings. The van der Waals surface area contributed by atoms with Crippen LogP contribution in [0.25, 0.3) is 10.2 Å². The lowest BCUT2D eigenvalue weighted by atomic mass is 10.2. The van der Waals surface area contributed by atoms with Crippen LogP contribution in [0.4, 0.5) is 5.13 Å². The molecule has 0 aliphatic heterocycles. The lowest BCUT2D eigenvalue weighted by Crippen LogP contribution is -2.11. The van der Waals surface area contributed by atoms with Crippen LogP contribution in [0, 0.1) is 0 Å². The fourth-order valence-electron chi connectivity index (χ4n) is 2.03. The number of carbonyl (C=O) groups is 1. The van der Waals surface area contributed by atoms with Crippen LogP contribution in [-0.4, -0.2) is 16.6 Å². The fourth-order valence-corrected chi connectivity index (χ4v) is 3.98. The molecule has 0 saturated carbocycles. The van der Waals surface area contributed by atoms with E-state index in [4.69, 9.17) is 23.2 Å². The molecule has 2 aromatic carbocycles. The Morgan fingerprint density at radius 2 is 1.96 bits per heavy atom. The summed E-state index contributed by atoms with van der Waals surface area (Å²) in [5, 5.41) is 4.16. The van der Waals surface area contributed by atoms with Gasteiger partial charge in [0.2, 0.25) is 0 Å². The number of carbonyl (C=O) groups excluding carboxylic acids is 1. The minimum absolute atomic E-state index is 0.195. The van der Waals surface area contributed by atoms with Gasteiger partial charge in [0.25, 0.3) is 5.91 Å². The van der Waals surface area contributed by atoms with Gasteiger partial charge >= 0.3 is 0 Å². The fraction of sp³-hybridized carbons (Fsp3) is 0.125. The van der Waals surface area contributed by atoms with Gasteiger partial charge in [0.15, 0.2) is 5.13 Å². The maximum Gasteiger partial charge on any atom is 0.257 e. The van der Waals surface area contributed by atoms with Crippen molar-refractivity contribution in [3.8, 4) is 0 Å². The molecule has 0 radical (unpaired) electrons. The molecule has 0 fully saturated rings. The molecule has 1 heterocycles. The van der Waals surface area contributed by atoms with Gasteiger partial charge in [0, 0.05) is 10.5 Å². The average Bonchev–Trinajstić information content (AvgIpc) is 2.95. The van der Waals surface area contributed by atoms with Crippen LogP contribution < -0.4 is 5.32 Å². The SMILES string of the molecule is CCSc1ccc(C(=O)Nc2nc3c(Cl)c(Cl)ccc3s2)cc1. The summed E-state index contributed by atoms with van der Waals surface area (Å²) in [6.45, 7) is 2.09. The first-order valence-corrected chi connectivity index (χ1v) is 9.43. The Hall–Kier alpha value is -1.27. The molecule has 7 heteroatoms. The van der Waals surface area contributed by atoms with Gasteiger partial charge in [0.05, 0.1) is 14.7 Å². The maximum absolute atomic E-state index is 12.3. The van der Waals surface area contributed by atoms with Gasteiger partial charge in [-0.05, 0) is 42.2 Å². The molecule has 1 aromatic heterocycles. The monoisotopic (exact) mass is 382 g/mol. The van der Waals surface area contributed by atoms with E-state index in [0.29, 0.717) is 26.3 Å². The smallest absolute Gasteiger partial charge is 0.257 e. The second kappa shape index (κ2) is 7.09. The van der Waals surface area contributed by atoms with E-state index in [2.05, 4.69) is 17.2 Å². The van der Waals surface area contributed by atoms with Gasteiger partial charge in [-0.25, -0.2) is 4.98 Å². The molecule has 3 rings (SSSR count). The number of benzene rings is 2. The van der Waals surface area contributed by atoms with Gasteiger partial charge in [0.1, 0.15) is 5.52 Å². The largest absolute Gasteiger partial charge is 0.298 e. The third-order valence-corrected chi connectivity index (χ3v) is 5.72. The summed E-state index contributed by atoms with van der Waals surface area (Å²) in [4.78, 5) is 17.8. The van der Waals surface area contributed by atoms with E-state index in [-0.39, 0.29) is 5.91 Å². The lowest BCUT2D eigenvalue weighted by molar-refractivity contribution is 0.102. The van der Waals surface area contributed by atoms with Crippen LogP contribution in [0.15, 0.2) is 41.3 Å². The highest BCUT2D eigenvalue weighted by molar-refractivity contribution is 7.99. The van der Waals surface area contributed by atoms with Crippen LogP contribution in [0.3, 0.4) is 0 Å². The molecule has 0 bridgehead atoms. The number of hydrogen-bond donors (Lipinski definition) is 1. The van der Waals surface area contributed by atoms with Crippen molar-refractivity contribution in [1.29, 1.82) is 0 Å². The molecule has 0 saturated heterocycles. The zero-order valence-electron chi connectivity index (χ0n) is 12.1. The minimum Gasteiger partial charge on any atom is -0.298 e. The quantitative estimate of drug-likeness (QED) is 0.565. The Morgan fingerprint density at radius 3 is 2.65 bits per heavy atom. The zero-order chi connectivity index (χ0) is 16.4. The summed E-state index contributed by atoms with van der Waals surface area (Å²) in [7, 11) is 0. The van der Waals surface area contributed by atoms with Gasteiger partial charge in [-0.15, -0.1) is 11.8 Å². The van der Waals surface area contributed by atoms with Crippen molar-refractivity contribution in [2.24, 2.45) is 0 Å². The normalized spacial score (nSPS) is 10.9. The topological polar surface area (TPSA) is 42.0 Å². The highest BCUT2D eigenvalue weighted by atomic mass is 35.5. The third kappa shape index (κ3) is 3.63. The van der Waals surface area contributed by atoms with Crippen molar-refractivity contribution >= 4 is 67.6 Å². The van der Waals surface area contributed by atoms with E-state index in [1.54, 1.807) is 17.8 Å². The van der Waals surface area contributed by atoms with Crippen molar-refractivity contribution in [3.63, 3.8) is 0 Å². The summed E-state index contributed by atoms with van der Waals surface area (Å²) in [6.07, 6.45) is 0. The van der Waals surface area contributed by atoms with Crippen molar-refractivity contribution in [1.82, 2.24) is 4.98 Å². The van der Waals surface area contributed by atoms with Crippen molar-refractivity contribution in [2.75, 3.05) is 11.1 Å². The maximum atomic E-state index is 12.3. The van der Waals surface area contributed by atoms with Crippen LogP contribution in [0.2, 0.25) is 10.0 Å². The van der Waals surface area contributed by atoms with Gasteiger partial charge in [-0.2, -0.15) is 0 Å². The molecule has 3 aromatic rings. The number of anilines is 1. The molecule has 3 nitrogen and oxygen atoms in total. The summed E-state index contributed by atoms with van der Waals surface area (Å²) in [5.41, 5.74) is 1.20. The Bertz CT molecular complexity index is 862. The standard InChI is InChI=1S/C16H12Cl2N2OS2/c1-2-22-10-5-3-9(4-6-10)15(21)20-16-19-14-12(23-16)8-7-11(17)13(14)18/h3-8H,2H2,1H3,(H,19,20,21). The van der Waals surface area contributed by atoms with Crippen molar-refractivity contribution in [2.45, 2.75) is 11.8 Å². The summed E-state index contributed by atoms with van der Waals surface area (Å²) in [5.74, 6) is 0.805. The predicted molar refractivity (Wildman–Crippen MR) is 100 cm³/mol. The number of nitrogens with zero attached hydrogens (tertiary/aromatic N) is 1. The number of amides is 1. The van der Waals surface area contributed by atoms with E-state index in [0.717, 1.165) is 15.3 Å². The first-order valence-electron chi connectivity index (χ1n) is 6.87. The molecular weight excluding hydrogens is 371 g/mol. The molecule has 23 heavy (non-hydrogen) atoms. The molecule has 0 unspecified atom stereocenters. The second-order valence-corrected chi connectivity index (χ2v) is 7.79. The van der Waals surface area contributed by atoms with Crippen LogP contribution in [0.1, 0.15) is 17.3 Å². The number of halogens is 2. The first kappa shape index (κ1) is 16.6. The Kier molecular flexibility index (Phi) is 5.11. The number of nitrogens with one attached hydrogen (secondary N) is 1. The van der Waals surface area contributed by atoms with E-state index in [9.17, 15) is 4.79 Å². The average molecular weight is 383 g/mol. The predicted octanol–water partition coefficient (Wildman–Crippen LogP) is 5.97. The third-order valence-electron chi connectivity index (χ3n) is 3.10. The Labute approximate surface area is 152 Å². The molecular formula is C16H12Cl2N2OS2. The minimum atomic E-state index is -0.195. The second-order valence-electron chi connectivity index (χ2n) is 4.64. The number of rotatable bonds is 4.